The van der Waals surface area contributed by atoms with Gasteiger partial charge in [0.05, 0.1) is 7.85 Å². The molecule has 0 aromatic heterocycles. The minimum Gasteiger partial charge on any atom is -0.108 e. The molecule has 6 heavy (non-hydrogen) atoms. The van der Waals surface area contributed by atoms with Gasteiger partial charge >= 0.3 is 0 Å². The molecule has 0 heterocycles. The first-order chi connectivity index (χ1) is 2.81. The molecule has 0 aliphatic heterocycles. The van der Waals surface area contributed by atoms with Crippen molar-refractivity contribution in [1.29, 1.82) is 0 Å². The van der Waals surface area contributed by atoms with Crippen LogP contribution in [0, 0.1) is 0 Å². The molecule has 3 heteroatoms. The fourth-order valence-corrected chi connectivity index (χ4v) is 0.423. The Morgan fingerprint density at radius 2 is 2.33 bits per heavy atom. The van der Waals surface area contributed by atoms with Gasteiger partial charge in [-0.25, -0.2) is 0 Å². The van der Waals surface area contributed by atoms with Gasteiger partial charge in [0.1, 0.15) is 6.71 Å². The van der Waals surface area contributed by atoms with Crippen LogP contribution >= 0.6 is 22.6 Å². The number of hydrogen-bond acceptors (Lipinski definition) is 0. The maximum Gasteiger partial charge on any atom is 0.139 e. The zero-order valence-electron chi connectivity index (χ0n) is 3.95. The van der Waals surface area contributed by atoms with Crippen molar-refractivity contribution in [3.05, 3.63) is 0 Å². The third kappa shape index (κ3) is 3.07. The second-order valence-electron chi connectivity index (χ2n) is 1.50. The molecule has 0 bridgehead atoms. The summed E-state index contributed by atoms with van der Waals surface area (Å²) in [6, 6.07) is 0. The predicted octanol–water partition coefficient (Wildman–Crippen LogP) is 1.21. The van der Waals surface area contributed by atoms with Crippen molar-refractivity contribution in [2.24, 2.45) is 0 Å². The van der Waals surface area contributed by atoms with E-state index < -0.39 is 0 Å². The van der Waals surface area contributed by atoms with Gasteiger partial charge in [-0.1, -0.05) is 29.4 Å². The average Bonchev–Trinajstić information content (AvgIpc) is 1.65. The van der Waals surface area contributed by atoms with Crippen molar-refractivity contribution in [2.45, 2.75) is 13.0 Å². The van der Waals surface area contributed by atoms with Gasteiger partial charge in [-0.2, -0.15) is 0 Å². The lowest BCUT2D eigenvalue weighted by atomic mass is 9.47. The van der Waals surface area contributed by atoms with Gasteiger partial charge in [0.2, 0.25) is 0 Å². The van der Waals surface area contributed by atoms with E-state index in [0.29, 0.717) is 6.71 Å². The van der Waals surface area contributed by atoms with Gasteiger partial charge < -0.3 is 0 Å². The fraction of sp³-hybridized carbons (Fsp3) is 1.00. The van der Waals surface area contributed by atoms with E-state index in [9.17, 15) is 0 Å². The lowest BCUT2D eigenvalue weighted by Gasteiger charge is -1.92. The minimum atomic E-state index is 0.700. The predicted molar refractivity (Wildman–Crippen MR) is 41.1 cm³/mol. The van der Waals surface area contributed by atoms with Crippen LogP contribution in [0.2, 0.25) is 13.0 Å². The van der Waals surface area contributed by atoms with Gasteiger partial charge in [-0.05, 0) is 4.33 Å². The Balaban J connectivity index is 2.75. The van der Waals surface area contributed by atoms with E-state index in [1.54, 1.807) is 0 Å². The molecule has 0 rings (SSSR count). The Morgan fingerprint density at radius 3 is 2.33 bits per heavy atom. The van der Waals surface area contributed by atoms with Crippen LogP contribution in [0.15, 0.2) is 0 Å². The summed E-state index contributed by atoms with van der Waals surface area (Å²) in [5, 5.41) is 0. The van der Waals surface area contributed by atoms with E-state index in [4.69, 9.17) is 7.85 Å². The van der Waals surface area contributed by atoms with Gasteiger partial charge in [0.25, 0.3) is 0 Å². The van der Waals surface area contributed by atoms with Crippen LogP contribution in [0.25, 0.3) is 0 Å². The summed E-state index contributed by atoms with van der Waals surface area (Å²) in [6.45, 7) is 2.84. The Hall–Kier alpha value is 0.860. The standard InChI is InChI=1S/C3H7B2I/c1-5(2-4)3-6/h2-3H2,1H3. The first-order valence-electron chi connectivity index (χ1n) is 2.07. The summed E-state index contributed by atoms with van der Waals surface area (Å²) < 4.78 is 1.17. The largest absolute Gasteiger partial charge is 0.139 e. The highest BCUT2D eigenvalue weighted by atomic mass is 127. The maximum atomic E-state index is 5.28. The van der Waals surface area contributed by atoms with Crippen molar-refractivity contribution in [1.82, 2.24) is 0 Å². The molecule has 0 amide bonds. The molecule has 0 aliphatic rings. The molecule has 0 atom stereocenters. The molecule has 0 saturated carbocycles. The lowest BCUT2D eigenvalue weighted by molar-refractivity contribution is 1.82. The Bertz CT molecular complexity index is 28.0. The molecule has 0 aliphatic carbocycles. The zero-order valence-corrected chi connectivity index (χ0v) is 6.10. The van der Waals surface area contributed by atoms with Crippen LogP contribution in [-0.4, -0.2) is 18.9 Å². The molecular formula is C3H7B2I. The molecule has 0 nitrogen and oxygen atoms in total. The highest BCUT2D eigenvalue weighted by Gasteiger charge is 1.96. The molecule has 0 aromatic rings. The highest BCUT2D eigenvalue weighted by molar-refractivity contribution is 14.1. The van der Waals surface area contributed by atoms with Crippen molar-refractivity contribution in [3.8, 4) is 0 Å². The molecule has 0 unspecified atom stereocenters. The van der Waals surface area contributed by atoms with E-state index in [1.807, 2.05) is 0 Å². The second-order valence-corrected chi connectivity index (χ2v) is 2.38. The summed E-state index contributed by atoms with van der Waals surface area (Å²) in [6.07, 6.45) is 0.822. The first-order valence-corrected chi connectivity index (χ1v) is 3.59. The van der Waals surface area contributed by atoms with Crippen LogP contribution < -0.4 is 0 Å². The van der Waals surface area contributed by atoms with Gasteiger partial charge in [-0.3, -0.25) is 0 Å². The molecule has 0 spiro atoms. The summed E-state index contributed by atoms with van der Waals surface area (Å²) >= 11 is 2.33. The minimum absolute atomic E-state index is 0.700. The maximum absolute atomic E-state index is 5.28. The van der Waals surface area contributed by atoms with Gasteiger partial charge in [0, 0.05) is 0 Å². The molecule has 2 radical (unpaired) electrons. The topological polar surface area (TPSA) is 0 Å². The van der Waals surface area contributed by atoms with Crippen LogP contribution in [0.4, 0.5) is 0 Å². The third-order valence-electron chi connectivity index (χ3n) is 0.666. The third-order valence-corrected chi connectivity index (χ3v) is 2.17. The highest BCUT2D eigenvalue weighted by Crippen LogP contribution is 1.91. The second kappa shape index (κ2) is 4.03. The monoisotopic (exact) mass is 192 g/mol. The van der Waals surface area contributed by atoms with Crippen LogP contribution in [0.5, 0.6) is 0 Å². The summed E-state index contributed by atoms with van der Waals surface area (Å²) in [5.74, 6) is 0. The first kappa shape index (κ1) is 6.86. The van der Waals surface area contributed by atoms with Crippen molar-refractivity contribution < 1.29 is 0 Å². The van der Waals surface area contributed by atoms with Crippen LogP contribution in [-0.2, 0) is 0 Å². The van der Waals surface area contributed by atoms with E-state index in [0.717, 1.165) is 6.22 Å². The van der Waals surface area contributed by atoms with Crippen LogP contribution in [0.1, 0.15) is 0 Å². The average molecular weight is 192 g/mol. The molecule has 0 aromatic carbocycles. The van der Waals surface area contributed by atoms with E-state index in [-0.39, 0.29) is 0 Å². The number of rotatable bonds is 2. The quantitative estimate of drug-likeness (QED) is 0.350. The zero-order chi connectivity index (χ0) is 4.99. The van der Waals surface area contributed by atoms with Gasteiger partial charge in [-0.15, -0.1) is 6.22 Å². The van der Waals surface area contributed by atoms with Crippen molar-refractivity contribution in [3.63, 3.8) is 0 Å². The van der Waals surface area contributed by atoms with Crippen molar-refractivity contribution >= 4 is 37.1 Å². The Labute approximate surface area is 54.7 Å². The Kier molecular flexibility index (Phi) is 4.61. The van der Waals surface area contributed by atoms with Gasteiger partial charge in [0.15, 0.2) is 0 Å². The lowest BCUT2D eigenvalue weighted by Crippen LogP contribution is -2.07. The number of halogens is 1. The summed E-state index contributed by atoms with van der Waals surface area (Å²) in [4.78, 5) is 0. The SMILES string of the molecule is [B]CB(C)CI. The molecular weight excluding hydrogens is 185 g/mol. The molecule has 32 valence electrons. The summed E-state index contributed by atoms with van der Waals surface area (Å²) in [7, 11) is 5.28. The van der Waals surface area contributed by atoms with E-state index in [2.05, 4.69) is 29.4 Å². The Morgan fingerprint density at radius 1 is 1.83 bits per heavy atom. The number of alkyl halides is 1. The van der Waals surface area contributed by atoms with Crippen LogP contribution in [0.3, 0.4) is 0 Å². The molecule has 0 N–H and O–H groups in total. The number of hydrogen-bond donors (Lipinski definition) is 0. The summed E-state index contributed by atoms with van der Waals surface area (Å²) in [5.41, 5.74) is 0. The normalized spacial score (nSPS) is 8.33. The van der Waals surface area contributed by atoms with Crippen molar-refractivity contribution in [2.75, 3.05) is 4.33 Å². The fourth-order valence-electron chi connectivity index (χ4n) is 0.0630. The van der Waals surface area contributed by atoms with E-state index >= 15 is 0 Å². The molecule has 0 saturated heterocycles. The smallest absolute Gasteiger partial charge is 0.108 e. The van der Waals surface area contributed by atoms with E-state index in [1.165, 1.54) is 4.33 Å². The molecule has 0 fully saturated rings.